The third-order valence-electron chi connectivity index (χ3n) is 4.73. The van der Waals surface area contributed by atoms with Crippen molar-refractivity contribution in [2.75, 3.05) is 32.7 Å². The summed E-state index contributed by atoms with van der Waals surface area (Å²) < 4.78 is 0. The number of hydrogen-bond donors (Lipinski definition) is 1. The summed E-state index contributed by atoms with van der Waals surface area (Å²) in [6.07, 6.45) is 5.34. The monoisotopic (exact) mass is 253 g/mol. The highest BCUT2D eigenvalue weighted by molar-refractivity contribution is 4.93. The molecule has 2 heterocycles. The summed E-state index contributed by atoms with van der Waals surface area (Å²) in [6, 6.07) is 2.31. The van der Waals surface area contributed by atoms with Gasteiger partial charge in [0.2, 0.25) is 0 Å². The lowest BCUT2D eigenvalue weighted by Gasteiger charge is -2.46. The average Bonchev–Trinajstić information content (AvgIpc) is 2.81. The summed E-state index contributed by atoms with van der Waals surface area (Å²) in [5, 5.41) is 3.61. The molecule has 3 nitrogen and oxygen atoms in total. The first-order valence-electron chi connectivity index (χ1n) is 7.96. The maximum atomic E-state index is 3.61. The van der Waals surface area contributed by atoms with Crippen LogP contribution in [0, 0.1) is 0 Å². The van der Waals surface area contributed by atoms with Gasteiger partial charge in [0.1, 0.15) is 0 Å². The van der Waals surface area contributed by atoms with Gasteiger partial charge in [-0.15, -0.1) is 0 Å². The topological polar surface area (TPSA) is 18.5 Å². The first-order chi connectivity index (χ1) is 8.76. The molecule has 2 fully saturated rings. The van der Waals surface area contributed by atoms with E-state index in [2.05, 4.69) is 35.9 Å². The van der Waals surface area contributed by atoms with Crippen molar-refractivity contribution in [1.82, 2.24) is 15.1 Å². The fourth-order valence-electron chi connectivity index (χ4n) is 3.66. The van der Waals surface area contributed by atoms with Gasteiger partial charge >= 0.3 is 0 Å². The van der Waals surface area contributed by atoms with E-state index in [1.165, 1.54) is 51.9 Å². The summed E-state index contributed by atoms with van der Waals surface area (Å²) in [5.41, 5.74) is 0. The maximum Gasteiger partial charge on any atom is 0.0224 e. The van der Waals surface area contributed by atoms with E-state index in [0.717, 1.165) is 24.7 Å². The van der Waals surface area contributed by atoms with Crippen LogP contribution in [0.3, 0.4) is 0 Å². The van der Waals surface area contributed by atoms with Crippen molar-refractivity contribution in [2.24, 2.45) is 0 Å². The van der Waals surface area contributed by atoms with Gasteiger partial charge in [-0.2, -0.15) is 0 Å². The summed E-state index contributed by atoms with van der Waals surface area (Å²) in [5.74, 6) is 0. The van der Waals surface area contributed by atoms with Crippen LogP contribution in [0.1, 0.15) is 46.5 Å². The zero-order chi connectivity index (χ0) is 13.0. The van der Waals surface area contributed by atoms with Crippen molar-refractivity contribution < 1.29 is 0 Å². The Morgan fingerprint density at radius 1 is 1.28 bits per heavy atom. The molecule has 2 aliphatic heterocycles. The van der Waals surface area contributed by atoms with E-state index in [9.17, 15) is 0 Å². The van der Waals surface area contributed by atoms with Gasteiger partial charge in [0, 0.05) is 37.8 Å². The lowest BCUT2D eigenvalue weighted by atomic mass is 10.0. The molecule has 2 saturated heterocycles. The second-order valence-electron chi connectivity index (χ2n) is 6.10. The maximum absolute atomic E-state index is 3.61. The molecule has 0 aromatic heterocycles. The number of nitrogens with zero attached hydrogens (tertiary/aromatic N) is 2. The Labute approximate surface area is 113 Å². The molecular weight excluding hydrogens is 222 g/mol. The van der Waals surface area contributed by atoms with Crippen LogP contribution in [0.4, 0.5) is 0 Å². The normalized spacial score (nSPS) is 31.5. The molecule has 0 saturated carbocycles. The minimum Gasteiger partial charge on any atom is -0.315 e. The van der Waals surface area contributed by atoms with Gasteiger partial charge in [-0.3, -0.25) is 9.80 Å². The van der Waals surface area contributed by atoms with Crippen LogP contribution >= 0.6 is 0 Å². The van der Waals surface area contributed by atoms with E-state index >= 15 is 0 Å². The van der Waals surface area contributed by atoms with E-state index in [0.29, 0.717) is 0 Å². The van der Waals surface area contributed by atoms with Crippen molar-refractivity contribution >= 4 is 0 Å². The molecule has 0 radical (unpaired) electrons. The van der Waals surface area contributed by atoms with Gasteiger partial charge in [0.05, 0.1) is 0 Å². The van der Waals surface area contributed by atoms with E-state index < -0.39 is 0 Å². The minimum absolute atomic E-state index is 0.729. The average molecular weight is 253 g/mol. The highest BCUT2D eigenvalue weighted by Crippen LogP contribution is 2.26. The van der Waals surface area contributed by atoms with Crippen molar-refractivity contribution in [3.05, 3.63) is 0 Å². The zero-order valence-corrected chi connectivity index (χ0v) is 12.5. The number of piperazine rings is 1. The Morgan fingerprint density at radius 3 is 2.83 bits per heavy atom. The predicted molar refractivity (Wildman–Crippen MR) is 78.0 cm³/mol. The molecule has 0 aromatic carbocycles. The second-order valence-corrected chi connectivity index (χ2v) is 6.10. The van der Waals surface area contributed by atoms with Gasteiger partial charge < -0.3 is 5.32 Å². The van der Waals surface area contributed by atoms with E-state index in [-0.39, 0.29) is 0 Å². The molecule has 106 valence electrons. The van der Waals surface area contributed by atoms with Gasteiger partial charge in [0.15, 0.2) is 0 Å². The smallest absolute Gasteiger partial charge is 0.0224 e. The first kappa shape index (κ1) is 14.3. The number of hydrogen-bond acceptors (Lipinski definition) is 3. The number of fused-ring (bicyclic) bond motifs is 1. The van der Waals surface area contributed by atoms with Gasteiger partial charge in [-0.25, -0.2) is 0 Å². The highest BCUT2D eigenvalue weighted by atomic mass is 15.3. The zero-order valence-electron chi connectivity index (χ0n) is 12.5. The van der Waals surface area contributed by atoms with Gasteiger partial charge in [-0.1, -0.05) is 13.8 Å². The molecule has 0 amide bonds. The van der Waals surface area contributed by atoms with Crippen molar-refractivity contribution in [3.63, 3.8) is 0 Å². The van der Waals surface area contributed by atoms with E-state index in [4.69, 9.17) is 0 Å². The summed E-state index contributed by atoms with van der Waals surface area (Å²) in [7, 11) is 0. The Kier molecular flexibility index (Phi) is 5.46. The van der Waals surface area contributed by atoms with Gasteiger partial charge in [-0.05, 0) is 45.7 Å². The molecular formula is C15H31N3. The van der Waals surface area contributed by atoms with Gasteiger partial charge in [0.25, 0.3) is 0 Å². The molecule has 3 unspecified atom stereocenters. The Balaban J connectivity index is 1.88. The molecule has 3 atom stereocenters. The van der Waals surface area contributed by atoms with E-state index in [1.54, 1.807) is 0 Å². The summed E-state index contributed by atoms with van der Waals surface area (Å²) in [4.78, 5) is 5.49. The first-order valence-corrected chi connectivity index (χ1v) is 7.96. The van der Waals surface area contributed by atoms with E-state index in [1.807, 2.05) is 0 Å². The standard InChI is InChI=1S/C15H31N3/c1-4-8-16-10-14(5-2)18-12-15-7-6-9-17(15)11-13(18)3/h13-16H,4-12H2,1-3H3. The molecule has 0 spiro atoms. The molecule has 18 heavy (non-hydrogen) atoms. The molecule has 2 rings (SSSR count). The Morgan fingerprint density at radius 2 is 2.11 bits per heavy atom. The van der Waals surface area contributed by atoms with Crippen LogP contribution in [0.5, 0.6) is 0 Å². The highest BCUT2D eigenvalue weighted by Gasteiger charge is 2.36. The van der Waals surface area contributed by atoms with Crippen LogP contribution in [0.15, 0.2) is 0 Å². The van der Waals surface area contributed by atoms with Crippen molar-refractivity contribution in [1.29, 1.82) is 0 Å². The predicted octanol–water partition coefficient (Wildman–Crippen LogP) is 1.93. The Bertz CT molecular complexity index is 244. The Hall–Kier alpha value is -0.120. The molecule has 0 aromatic rings. The molecule has 1 N–H and O–H groups in total. The minimum atomic E-state index is 0.729. The lowest BCUT2D eigenvalue weighted by molar-refractivity contribution is 0.0266. The third-order valence-corrected chi connectivity index (χ3v) is 4.73. The van der Waals surface area contributed by atoms with Crippen LogP contribution in [-0.2, 0) is 0 Å². The SMILES string of the molecule is CCCNCC(CC)N1CC2CCCN2CC1C. The largest absolute Gasteiger partial charge is 0.315 e. The molecule has 0 aliphatic carbocycles. The van der Waals surface area contributed by atoms with Crippen LogP contribution in [0.2, 0.25) is 0 Å². The second kappa shape index (κ2) is 6.88. The van der Waals surface area contributed by atoms with Crippen LogP contribution in [0.25, 0.3) is 0 Å². The van der Waals surface area contributed by atoms with Crippen LogP contribution in [-0.4, -0.2) is 60.6 Å². The molecule has 0 bridgehead atoms. The summed E-state index contributed by atoms with van der Waals surface area (Å²) >= 11 is 0. The molecule has 3 heteroatoms. The quantitative estimate of drug-likeness (QED) is 0.730. The van der Waals surface area contributed by atoms with Crippen LogP contribution < -0.4 is 5.32 Å². The number of nitrogens with one attached hydrogen (secondary N) is 1. The number of rotatable bonds is 6. The fourth-order valence-corrected chi connectivity index (χ4v) is 3.66. The summed E-state index contributed by atoms with van der Waals surface area (Å²) in [6.45, 7) is 13.3. The fraction of sp³-hybridized carbons (Fsp3) is 1.00. The lowest BCUT2D eigenvalue weighted by Crippen LogP contribution is -2.59. The third kappa shape index (κ3) is 3.25. The molecule has 2 aliphatic rings. The van der Waals surface area contributed by atoms with Crippen molar-refractivity contribution in [2.45, 2.75) is 64.6 Å². The van der Waals surface area contributed by atoms with Crippen molar-refractivity contribution in [3.8, 4) is 0 Å².